The van der Waals surface area contributed by atoms with Crippen LogP contribution >= 0.6 is 11.8 Å². The first-order valence-corrected chi connectivity index (χ1v) is 12.8. The number of rotatable bonds is 8. The second kappa shape index (κ2) is 12.8. The molecule has 3 atom stereocenters. The van der Waals surface area contributed by atoms with E-state index in [-0.39, 0.29) is 28.4 Å². The summed E-state index contributed by atoms with van der Waals surface area (Å²) in [5.74, 6) is -7.10. The molecule has 0 bridgehead atoms. The van der Waals surface area contributed by atoms with Crippen LogP contribution in [0.1, 0.15) is 26.5 Å². The molecule has 3 aromatic rings. The molecule has 0 N–H and O–H groups in total. The third-order valence-electron chi connectivity index (χ3n) is 5.47. The first-order chi connectivity index (χ1) is 20.0. The van der Waals surface area contributed by atoms with E-state index in [9.17, 15) is 27.6 Å². The average Bonchev–Trinajstić information content (AvgIpc) is 3.41. The van der Waals surface area contributed by atoms with Crippen LogP contribution in [0, 0.1) is 28.8 Å². The number of ether oxygens (including phenoxy) is 4. The third kappa shape index (κ3) is 6.93. The highest BCUT2D eigenvalue weighted by Gasteiger charge is 2.44. The highest BCUT2D eigenvalue weighted by atomic mass is 32.2. The van der Waals surface area contributed by atoms with Crippen LogP contribution in [-0.4, -0.2) is 62.1 Å². The zero-order chi connectivity index (χ0) is 30.6. The number of nitrogens with zero attached hydrogens (tertiary/aromatic N) is 5. The van der Waals surface area contributed by atoms with Crippen molar-refractivity contribution in [2.45, 2.75) is 43.3 Å². The summed E-state index contributed by atoms with van der Waals surface area (Å²) in [5.41, 5.74) is -1.34. The van der Waals surface area contributed by atoms with Gasteiger partial charge in [0.25, 0.3) is 0 Å². The number of esters is 3. The lowest BCUT2D eigenvalue weighted by Gasteiger charge is -2.37. The summed E-state index contributed by atoms with van der Waals surface area (Å²) in [4.78, 5) is 40.5. The molecule has 0 aliphatic carbocycles. The number of carbonyl (C=O) groups excluding carboxylic acids is 3. The predicted octanol–water partition coefficient (Wildman–Crippen LogP) is 3.37. The predicted molar refractivity (Wildman–Crippen MR) is 136 cm³/mol. The van der Waals surface area contributed by atoms with Gasteiger partial charge in [0.2, 0.25) is 0 Å². The van der Waals surface area contributed by atoms with E-state index in [1.165, 1.54) is 18.5 Å². The summed E-state index contributed by atoms with van der Waals surface area (Å²) in [6, 6.07) is 6.34. The number of hydrogen-bond acceptors (Lipinski definition) is 12. The maximum Gasteiger partial charge on any atom is 0.307 e. The Morgan fingerprint density at radius 3 is 2.38 bits per heavy atom. The van der Waals surface area contributed by atoms with E-state index in [0.717, 1.165) is 37.2 Å². The van der Waals surface area contributed by atoms with E-state index in [4.69, 9.17) is 24.2 Å². The summed E-state index contributed by atoms with van der Waals surface area (Å²) in [6.45, 7) is 2.93. The van der Waals surface area contributed by atoms with Gasteiger partial charge >= 0.3 is 17.9 Å². The van der Waals surface area contributed by atoms with Gasteiger partial charge in [0.05, 0.1) is 6.20 Å². The first kappa shape index (κ1) is 30.2. The zero-order valence-corrected chi connectivity index (χ0v) is 22.9. The van der Waals surface area contributed by atoms with Crippen molar-refractivity contribution in [2.24, 2.45) is 0 Å². The Labute approximate surface area is 240 Å². The fourth-order valence-corrected chi connectivity index (χ4v) is 4.83. The molecule has 1 aliphatic rings. The molecule has 1 aliphatic heterocycles. The Morgan fingerprint density at radius 1 is 1.10 bits per heavy atom. The molecule has 42 heavy (non-hydrogen) atoms. The largest absolute Gasteiger partial charge is 0.463 e. The standard InChI is InChI=1S/C26H20F3N5O7S/c1-12(35)38-11-21-24(39-13(2)36)23(34-10-20(32-33-34)15-6-18(27)22(29)19(28)7-15)25(40-14(3)37)26(41-21)42-17-5-4-16(8-30)31-9-17/h4-7,9-10,21,25-26H,11H2,1-3H3/t21?,25?,26-/m1/s1. The first-order valence-electron chi connectivity index (χ1n) is 12.0. The molecule has 0 saturated heterocycles. The Hall–Kier alpha value is -4.75. The molecule has 218 valence electrons. The fraction of sp³-hybridized carbons (Fsp3) is 0.269. The molecule has 0 spiro atoms. The molecule has 1 aromatic carbocycles. The quantitative estimate of drug-likeness (QED) is 0.211. The van der Waals surface area contributed by atoms with E-state index >= 15 is 0 Å². The lowest BCUT2D eigenvalue weighted by molar-refractivity contribution is -0.156. The van der Waals surface area contributed by atoms with Crippen molar-refractivity contribution in [3.05, 3.63) is 65.6 Å². The number of thioether (sulfide) groups is 1. The van der Waals surface area contributed by atoms with Crippen LogP contribution in [0.3, 0.4) is 0 Å². The summed E-state index contributed by atoms with van der Waals surface area (Å²) < 4.78 is 64.6. The molecule has 0 amide bonds. The van der Waals surface area contributed by atoms with Crippen LogP contribution in [0.25, 0.3) is 17.0 Å². The van der Waals surface area contributed by atoms with Gasteiger partial charge in [-0.25, -0.2) is 22.8 Å². The van der Waals surface area contributed by atoms with Gasteiger partial charge in [-0.2, -0.15) is 5.26 Å². The summed E-state index contributed by atoms with van der Waals surface area (Å²) >= 11 is 1.01. The molecule has 0 saturated carbocycles. The summed E-state index contributed by atoms with van der Waals surface area (Å²) in [5, 5.41) is 16.9. The van der Waals surface area contributed by atoms with Crippen LogP contribution in [0.5, 0.6) is 0 Å². The van der Waals surface area contributed by atoms with Crippen LogP contribution in [-0.2, 0) is 33.3 Å². The normalized spacial score (nSPS) is 18.3. The van der Waals surface area contributed by atoms with Gasteiger partial charge in [0.1, 0.15) is 29.8 Å². The molecular formula is C26H20F3N5O7S. The van der Waals surface area contributed by atoms with Crippen molar-refractivity contribution in [2.75, 3.05) is 6.61 Å². The smallest absolute Gasteiger partial charge is 0.307 e. The van der Waals surface area contributed by atoms with Crippen molar-refractivity contribution in [1.29, 1.82) is 5.26 Å². The van der Waals surface area contributed by atoms with E-state index in [1.54, 1.807) is 6.07 Å². The van der Waals surface area contributed by atoms with Crippen LogP contribution in [0.4, 0.5) is 13.2 Å². The minimum Gasteiger partial charge on any atom is -0.463 e. The Kier molecular flexibility index (Phi) is 9.23. The topological polar surface area (TPSA) is 156 Å². The zero-order valence-electron chi connectivity index (χ0n) is 22.0. The number of benzene rings is 1. The van der Waals surface area contributed by atoms with Crippen LogP contribution < -0.4 is 0 Å². The van der Waals surface area contributed by atoms with Gasteiger partial charge in [0, 0.05) is 37.4 Å². The molecule has 12 nitrogen and oxygen atoms in total. The number of aromatic nitrogens is 4. The molecule has 4 rings (SSSR count). The lowest BCUT2D eigenvalue weighted by Crippen LogP contribution is -2.45. The van der Waals surface area contributed by atoms with Crippen molar-refractivity contribution in [1.82, 2.24) is 20.0 Å². The molecule has 0 fully saturated rings. The van der Waals surface area contributed by atoms with Crippen LogP contribution in [0.15, 0.2) is 47.3 Å². The molecule has 16 heteroatoms. The molecule has 2 unspecified atom stereocenters. The van der Waals surface area contributed by atoms with Gasteiger partial charge in [-0.3, -0.25) is 14.4 Å². The Morgan fingerprint density at radius 2 is 1.81 bits per heavy atom. The maximum atomic E-state index is 13.9. The van der Waals surface area contributed by atoms with Crippen LogP contribution in [0.2, 0.25) is 0 Å². The fourth-order valence-electron chi connectivity index (χ4n) is 3.80. The van der Waals surface area contributed by atoms with Gasteiger partial charge in [0.15, 0.2) is 40.9 Å². The van der Waals surface area contributed by atoms with Crippen molar-refractivity contribution < 1.29 is 46.5 Å². The highest BCUT2D eigenvalue weighted by Crippen LogP contribution is 2.40. The monoisotopic (exact) mass is 603 g/mol. The highest BCUT2D eigenvalue weighted by molar-refractivity contribution is 7.99. The average molecular weight is 604 g/mol. The minimum absolute atomic E-state index is 0.0929. The van der Waals surface area contributed by atoms with E-state index in [1.807, 2.05) is 6.07 Å². The number of carbonyl (C=O) groups is 3. The lowest BCUT2D eigenvalue weighted by atomic mass is 10.1. The molecule has 2 aromatic heterocycles. The van der Waals surface area contributed by atoms with Gasteiger partial charge < -0.3 is 18.9 Å². The van der Waals surface area contributed by atoms with Gasteiger partial charge in [-0.05, 0) is 24.3 Å². The maximum absolute atomic E-state index is 13.9. The minimum atomic E-state index is -1.67. The van der Waals surface area contributed by atoms with E-state index < -0.39 is 59.6 Å². The number of nitriles is 1. The van der Waals surface area contributed by atoms with E-state index in [0.29, 0.717) is 17.0 Å². The van der Waals surface area contributed by atoms with Crippen molar-refractivity contribution in [3.63, 3.8) is 0 Å². The second-order valence-electron chi connectivity index (χ2n) is 8.58. The van der Waals surface area contributed by atoms with Gasteiger partial charge in [-0.15, -0.1) is 5.10 Å². The summed E-state index contributed by atoms with van der Waals surface area (Å²) in [6.07, 6.45) is -0.0333. The SMILES string of the molecule is CC(=O)OCC1O[C@H](Sc2ccc(C#N)nc2)C(OC(C)=O)C(n2cc(-c3cc(F)c(F)c(F)c3)nn2)=C1OC(C)=O. The molecule has 3 heterocycles. The van der Waals surface area contributed by atoms with Crippen molar-refractivity contribution >= 4 is 35.4 Å². The molecular weight excluding hydrogens is 583 g/mol. The Bertz CT molecular complexity index is 1580. The Balaban J connectivity index is 1.87. The number of pyridine rings is 1. The number of hydrogen-bond donors (Lipinski definition) is 0. The second-order valence-corrected chi connectivity index (χ2v) is 9.75. The van der Waals surface area contributed by atoms with Crippen molar-refractivity contribution in [3.8, 4) is 17.3 Å². The molecule has 0 radical (unpaired) electrons. The third-order valence-corrected chi connectivity index (χ3v) is 6.57. The van der Waals surface area contributed by atoms with Gasteiger partial charge in [-0.1, -0.05) is 17.0 Å². The number of halogens is 3. The summed E-state index contributed by atoms with van der Waals surface area (Å²) in [7, 11) is 0. The van der Waals surface area contributed by atoms with E-state index in [2.05, 4.69) is 15.3 Å².